The van der Waals surface area contributed by atoms with Gasteiger partial charge in [0.2, 0.25) is 0 Å². The average molecular weight is 282 g/mol. The van der Waals surface area contributed by atoms with Crippen molar-refractivity contribution in [3.8, 4) is 0 Å². The van der Waals surface area contributed by atoms with E-state index in [1.54, 1.807) is 19.1 Å². The molecular formula is C14H22N2O2S. The van der Waals surface area contributed by atoms with E-state index in [1.165, 1.54) is 12.8 Å². The monoisotopic (exact) mass is 282 g/mol. The molecule has 4 nitrogen and oxygen atoms in total. The van der Waals surface area contributed by atoms with Gasteiger partial charge in [-0.05, 0) is 55.5 Å². The highest BCUT2D eigenvalue weighted by Crippen LogP contribution is 2.48. The Hall–Kier alpha value is -1.07. The van der Waals surface area contributed by atoms with Crippen LogP contribution in [-0.4, -0.2) is 27.3 Å². The van der Waals surface area contributed by atoms with Crippen LogP contribution in [0.15, 0.2) is 29.2 Å². The number of sulfone groups is 1. The van der Waals surface area contributed by atoms with E-state index in [9.17, 15) is 8.42 Å². The summed E-state index contributed by atoms with van der Waals surface area (Å²) in [6.45, 7) is 3.31. The Bertz CT molecular complexity index is 519. The molecule has 1 aliphatic rings. The standard InChI is InChI=1S/C14H22N2O2S/c1-2-19(17,18)13-5-3-12(4-6-13)16-11-14(7-8-14)9-10-15/h3-6,16H,2,7-11,15H2,1H3. The minimum atomic E-state index is -3.10. The lowest BCUT2D eigenvalue weighted by Crippen LogP contribution is -2.19. The van der Waals surface area contributed by atoms with Gasteiger partial charge in [-0.3, -0.25) is 0 Å². The van der Waals surface area contributed by atoms with E-state index >= 15 is 0 Å². The van der Waals surface area contributed by atoms with Gasteiger partial charge in [-0.15, -0.1) is 0 Å². The summed E-state index contributed by atoms with van der Waals surface area (Å²) < 4.78 is 23.4. The molecule has 1 aromatic carbocycles. The maximum absolute atomic E-state index is 11.7. The highest BCUT2D eigenvalue weighted by Gasteiger charge is 2.41. The summed E-state index contributed by atoms with van der Waals surface area (Å²) in [5, 5.41) is 3.38. The van der Waals surface area contributed by atoms with Crippen LogP contribution in [0.3, 0.4) is 0 Å². The minimum Gasteiger partial charge on any atom is -0.384 e. The largest absolute Gasteiger partial charge is 0.384 e. The van der Waals surface area contributed by atoms with E-state index in [4.69, 9.17) is 5.73 Å². The Labute approximate surface area is 115 Å². The second kappa shape index (κ2) is 5.51. The van der Waals surface area contributed by atoms with Crippen molar-refractivity contribution in [3.05, 3.63) is 24.3 Å². The SMILES string of the molecule is CCS(=O)(=O)c1ccc(NCC2(CCN)CC2)cc1. The molecule has 1 aromatic rings. The van der Waals surface area contributed by atoms with Crippen molar-refractivity contribution in [2.75, 3.05) is 24.2 Å². The van der Waals surface area contributed by atoms with Crippen LogP contribution in [0.25, 0.3) is 0 Å². The molecule has 0 aromatic heterocycles. The Balaban J connectivity index is 1.96. The quantitative estimate of drug-likeness (QED) is 0.802. The first-order chi connectivity index (χ1) is 9.01. The van der Waals surface area contributed by atoms with E-state index in [1.807, 2.05) is 12.1 Å². The Kier molecular flexibility index (Phi) is 4.16. The van der Waals surface area contributed by atoms with Crippen LogP contribution in [0.2, 0.25) is 0 Å². The van der Waals surface area contributed by atoms with Crippen LogP contribution in [0.5, 0.6) is 0 Å². The van der Waals surface area contributed by atoms with Crippen LogP contribution in [0.4, 0.5) is 5.69 Å². The van der Waals surface area contributed by atoms with Gasteiger partial charge < -0.3 is 11.1 Å². The van der Waals surface area contributed by atoms with E-state index in [0.29, 0.717) is 10.3 Å². The molecule has 2 rings (SSSR count). The Morgan fingerprint density at radius 2 is 1.89 bits per heavy atom. The molecule has 0 unspecified atom stereocenters. The lowest BCUT2D eigenvalue weighted by atomic mass is 10.0. The predicted molar refractivity (Wildman–Crippen MR) is 78.0 cm³/mol. The Morgan fingerprint density at radius 1 is 1.26 bits per heavy atom. The van der Waals surface area contributed by atoms with Crippen molar-refractivity contribution in [1.29, 1.82) is 0 Å². The first kappa shape index (κ1) is 14.3. The topological polar surface area (TPSA) is 72.2 Å². The van der Waals surface area contributed by atoms with Crippen molar-refractivity contribution in [1.82, 2.24) is 0 Å². The van der Waals surface area contributed by atoms with Gasteiger partial charge in [-0.25, -0.2) is 8.42 Å². The second-order valence-electron chi connectivity index (χ2n) is 5.32. The predicted octanol–water partition coefficient (Wildman–Crippen LogP) is 2.02. The van der Waals surface area contributed by atoms with Gasteiger partial charge in [-0.1, -0.05) is 6.92 Å². The van der Waals surface area contributed by atoms with Gasteiger partial charge in [0.15, 0.2) is 9.84 Å². The molecule has 19 heavy (non-hydrogen) atoms. The molecule has 106 valence electrons. The molecule has 0 saturated heterocycles. The number of benzene rings is 1. The molecule has 1 aliphatic carbocycles. The van der Waals surface area contributed by atoms with Crippen LogP contribution >= 0.6 is 0 Å². The number of rotatable bonds is 7. The van der Waals surface area contributed by atoms with Crippen molar-refractivity contribution in [3.63, 3.8) is 0 Å². The fourth-order valence-corrected chi connectivity index (χ4v) is 3.12. The minimum absolute atomic E-state index is 0.138. The van der Waals surface area contributed by atoms with Crippen molar-refractivity contribution in [2.24, 2.45) is 11.1 Å². The molecule has 0 aliphatic heterocycles. The van der Waals surface area contributed by atoms with Gasteiger partial charge in [0, 0.05) is 12.2 Å². The second-order valence-corrected chi connectivity index (χ2v) is 7.60. The molecule has 1 saturated carbocycles. The lowest BCUT2D eigenvalue weighted by molar-refractivity contribution is 0.501. The number of nitrogens with one attached hydrogen (secondary N) is 1. The maximum atomic E-state index is 11.7. The summed E-state index contributed by atoms with van der Waals surface area (Å²) in [6, 6.07) is 7.01. The zero-order valence-corrected chi connectivity index (χ0v) is 12.2. The third-order valence-electron chi connectivity index (χ3n) is 3.89. The first-order valence-electron chi connectivity index (χ1n) is 6.78. The van der Waals surface area contributed by atoms with E-state index in [2.05, 4.69) is 5.32 Å². The number of anilines is 1. The van der Waals surface area contributed by atoms with Gasteiger partial charge in [0.25, 0.3) is 0 Å². The summed E-state index contributed by atoms with van der Waals surface area (Å²) in [5.41, 5.74) is 6.96. The zero-order valence-electron chi connectivity index (χ0n) is 11.4. The highest BCUT2D eigenvalue weighted by atomic mass is 32.2. The summed E-state index contributed by atoms with van der Waals surface area (Å²) in [5.74, 6) is 0.138. The number of hydrogen-bond donors (Lipinski definition) is 2. The molecular weight excluding hydrogens is 260 g/mol. The van der Waals surface area contributed by atoms with Gasteiger partial charge in [0.05, 0.1) is 10.6 Å². The summed E-state index contributed by atoms with van der Waals surface area (Å²) in [6.07, 6.45) is 3.53. The smallest absolute Gasteiger partial charge is 0.178 e. The average Bonchev–Trinajstić information content (AvgIpc) is 3.18. The van der Waals surface area contributed by atoms with Crippen molar-refractivity contribution < 1.29 is 8.42 Å². The first-order valence-corrected chi connectivity index (χ1v) is 8.43. The Morgan fingerprint density at radius 3 is 2.37 bits per heavy atom. The van der Waals surface area contributed by atoms with E-state index in [-0.39, 0.29) is 5.75 Å². The fourth-order valence-electron chi connectivity index (χ4n) is 2.23. The van der Waals surface area contributed by atoms with E-state index in [0.717, 1.165) is 25.2 Å². The van der Waals surface area contributed by atoms with Crippen LogP contribution in [0.1, 0.15) is 26.2 Å². The van der Waals surface area contributed by atoms with Gasteiger partial charge in [0.1, 0.15) is 0 Å². The van der Waals surface area contributed by atoms with Crippen molar-refractivity contribution in [2.45, 2.75) is 31.1 Å². The van der Waals surface area contributed by atoms with Gasteiger partial charge >= 0.3 is 0 Å². The van der Waals surface area contributed by atoms with Crippen LogP contribution in [0, 0.1) is 5.41 Å². The molecule has 0 radical (unpaired) electrons. The van der Waals surface area contributed by atoms with Crippen LogP contribution < -0.4 is 11.1 Å². The third kappa shape index (κ3) is 3.48. The summed E-state index contributed by atoms with van der Waals surface area (Å²) in [7, 11) is -3.10. The maximum Gasteiger partial charge on any atom is 0.178 e. The number of nitrogens with two attached hydrogens (primary N) is 1. The molecule has 3 N–H and O–H groups in total. The summed E-state index contributed by atoms with van der Waals surface area (Å²) >= 11 is 0. The molecule has 5 heteroatoms. The van der Waals surface area contributed by atoms with Crippen molar-refractivity contribution >= 4 is 15.5 Å². The molecule has 0 heterocycles. The molecule has 0 amide bonds. The normalized spacial score (nSPS) is 17.2. The molecule has 0 atom stereocenters. The summed E-state index contributed by atoms with van der Waals surface area (Å²) in [4.78, 5) is 0.392. The van der Waals surface area contributed by atoms with Crippen LogP contribution in [-0.2, 0) is 9.84 Å². The zero-order chi connectivity index (χ0) is 13.9. The molecule has 0 spiro atoms. The number of hydrogen-bond acceptors (Lipinski definition) is 4. The highest BCUT2D eigenvalue weighted by molar-refractivity contribution is 7.91. The fraction of sp³-hybridized carbons (Fsp3) is 0.571. The lowest BCUT2D eigenvalue weighted by Gasteiger charge is -2.16. The van der Waals surface area contributed by atoms with E-state index < -0.39 is 9.84 Å². The van der Waals surface area contributed by atoms with Gasteiger partial charge in [-0.2, -0.15) is 0 Å². The molecule has 1 fully saturated rings. The molecule has 0 bridgehead atoms. The third-order valence-corrected chi connectivity index (χ3v) is 5.64.